The largest absolute Gasteiger partial charge is 0.457 e. The Morgan fingerprint density at radius 2 is 1.79 bits per heavy atom. The zero-order valence-electron chi connectivity index (χ0n) is 15.0. The normalized spacial score (nSPS) is 27.4. The van der Waals surface area contributed by atoms with Gasteiger partial charge in [-0.05, 0) is 17.2 Å². The second kappa shape index (κ2) is 7.96. The molecule has 28 heavy (non-hydrogen) atoms. The molecule has 6 heteroatoms. The van der Waals surface area contributed by atoms with Crippen LogP contribution in [0.2, 0.25) is 0 Å². The van der Waals surface area contributed by atoms with Crippen molar-refractivity contribution in [2.24, 2.45) is 0 Å². The Morgan fingerprint density at radius 3 is 2.46 bits per heavy atom. The lowest BCUT2D eigenvalue weighted by Gasteiger charge is -2.26. The van der Waals surface area contributed by atoms with Crippen LogP contribution in [0.15, 0.2) is 66.7 Å². The van der Waals surface area contributed by atoms with E-state index in [-0.39, 0.29) is 6.42 Å². The minimum absolute atomic E-state index is 0.0849. The van der Waals surface area contributed by atoms with Gasteiger partial charge in [0.2, 0.25) is 0 Å². The molecule has 4 rings (SSSR count). The summed E-state index contributed by atoms with van der Waals surface area (Å²) in [6.07, 6.45) is -0.901. The Hall–Kier alpha value is -2.96. The van der Waals surface area contributed by atoms with Gasteiger partial charge >= 0.3 is 11.9 Å². The molecule has 2 aromatic carbocycles. The fourth-order valence-electron chi connectivity index (χ4n) is 3.55. The molecule has 0 spiro atoms. The highest BCUT2D eigenvalue weighted by molar-refractivity contribution is 5.87. The van der Waals surface area contributed by atoms with Gasteiger partial charge in [0.1, 0.15) is 18.3 Å². The molecule has 0 amide bonds. The average Bonchev–Trinajstić information content (AvgIpc) is 3.23. The predicted molar refractivity (Wildman–Crippen MR) is 99.9 cm³/mol. The van der Waals surface area contributed by atoms with Crippen LogP contribution in [0.3, 0.4) is 0 Å². The van der Waals surface area contributed by atoms with Crippen LogP contribution in [0.25, 0.3) is 6.08 Å². The van der Waals surface area contributed by atoms with Crippen molar-refractivity contribution in [3.05, 3.63) is 77.9 Å². The van der Waals surface area contributed by atoms with Crippen LogP contribution < -0.4 is 0 Å². The molecule has 0 aliphatic carbocycles. The molecule has 0 saturated carbocycles. The third-order valence-corrected chi connectivity index (χ3v) is 4.89. The van der Waals surface area contributed by atoms with E-state index < -0.39 is 42.5 Å². The summed E-state index contributed by atoms with van der Waals surface area (Å²) >= 11 is 0. The highest BCUT2D eigenvalue weighted by Crippen LogP contribution is 2.38. The van der Waals surface area contributed by atoms with Gasteiger partial charge < -0.3 is 19.3 Å². The van der Waals surface area contributed by atoms with Crippen molar-refractivity contribution < 1.29 is 28.9 Å². The molecule has 144 valence electrons. The van der Waals surface area contributed by atoms with E-state index in [2.05, 4.69) is 0 Å². The minimum Gasteiger partial charge on any atom is -0.457 e. The van der Waals surface area contributed by atoms with Crippen molar-refractivity contribution in [3.8, 4) is 0 Å². The quantitative estimate of drug-likeness (QED) is 0.634. The number of hydrogen-bond acceptors (Lipinski definition) is 6. The SMILES string of the molecule is O=C(/C=C/c1ccccc1)O[C@H](c1ccccc1)C1O[C@@H]2CC(=O)O[C@@H]2[C@H]1O. The summed E-state index contributed by atoms with van der Waals surface area (Å²) in [5, 5.41) is 10.6. The molecule has 0 aromatic heterocycles. The van der Waals surface area contributed by atoms with Gasteiger partial charge in [0.25, 0.3) is 0 Å². The molecule has 1 unspecified atom stereocenters. The van der Waals surface area contributed by atoms with Crippen molar-refractivity contribution in [3.63, 3.8) is 0 Å². The smallest absolute Gasteiger partial charge is 0.331 e. The third kappa shape index (κ3) is 3.83. The molecule has 6 nitrogen and oxygen atoms in total. The number of rotatable bonds is 5. The molecular formula is C22H20O6. The Labute approximate surface area is 162 Å². The van der Waals surface area contributed by atoms with Crippen LogP contribution in [-0.4, -0.2) is 41.5 Å². The molecule has 2 saturated heterocycles. The van der Waals surface area contributed by atoms with E-state index in [1.807, 2.05) is 48.5 Å². The van der Waals surface area contributed by atoms with E-state index in [1.54, 1.807) is 18.2 Å². The maximum Gasteiger partial charge on any atom is 0.331 e. The molecule has 2 heterocycles. The van der Waals surface area contributed by atoms with Crippen molar-refractivity contribution in [2.75, 3.05) is 0 Å². The summed E-state index contributed by atoms with van der Waals surface area (Å²) in [7, 11) is 0. The number of aliphatic hydroxyl groups excluding tert-OH is 1. The van der Waals surface area contributed by atoms with Gasteiger partial charge in [-0.3, -0.25) is 4.79 Å². The van der Waals surface area contributed by atoms with Gasteiger partial charge in [0.05, 0.1) is 6.42 Å². The lowest BCUT2D eigenvalue weighted by atomic mass is 9.98. The summed E-state index contributed by atoms with van der Waals surface area (Å²) in [5.74, 6) is -0.950. The lowest BCUT2D eigenvalue weighted by Crippen LogP contribution is -2.37. The second-order valence-corrected chi connectivity index (χ2v) is 6.80. The molecule has 5 atom stereocenters. The van der Waals surface area contributed by atoms with Crippen molar-refractivity contribution in [1.82, 2.24) is 0 Å². The first-order valence-electron chi connectivity index (χ1n) is 9.13. The third-order valence-electron chi connectivity index (χ3n) is 4.89. The Bertz CT molecular complexity index is 863. The number of ether oxygens (including phenoxy) is 3. The first-order valence-corrected chi connectivity index (χ1v) is 9.13. The zero-order chi connectivity index (χ0) is 19.5. The van der Waals surface area contributed by atoms with Crippen LogP contribution in [0.5, 0.6) is 0 Å². The summed E-state index contributed by atoms with van der Waals surface area (Å²) in [6, 6.07) is 18.5. The summed E-state index contributed by atoms with van der Waals surface area (Å²) < 4.78 is 16.7. The molecule has 2 fully saturated rings. The van der Waals surface area contributed by atoms with Crippen LogP contribution >= 0.6 is 0 Å². The van der Waals surface area contributed by atoms with Crippen molar-refractivity contribution in [2.45, 2.75) is 36.9 Å². The van der Waals surface area contributed by atoms with Crippen LogP contribution in [-0.2, 0) is 23.8 Å². The van der Waals surface area contributed by atoms with Gasteiger partial charge in [-0.2, -0.15) is 0 Å². The number of carbonyl (C=O) groups is 2. The Balaban J connectivity index is 1.53. The monoisotopic (exact) mass is 380 g/mol. The zero-order valence-corrected chi connectivity index (χ0v) is 15.0. The number of benzene rings is 2. The van der Waals surface area contributed by atoms with Crippen LogP contribution in [0.1, 0.15) is 23.7 Å². The first kappa shape index (κ1) is 18.4. The minimum atomic E-state index is -1.08. The highest BCUT2D eigenvalue weighted by Gasteiger charge is 2.54. The summed E-state index contributed by atoms with van der Waals surface area (Å²) in [6.45, 7) is 0. The van der Waals surface area contributed by atoms with E-state index in [4.69, 9.17) is 14.2 Å². The molecular weight excluding hydrogens is 360 g/mol. The van der Waals surface area contributed by atoms with Gasteiger partial charge in [0, 0.05) is 6.08 Å². The maximum absolute atomic E-state index is 12.4. The summed E-state index contributed by atoms with van der Waals surface area (Å²) in [4.78, 5) is 23.9. The van der Waals surface area contributed by atoms with Crippen LogP contribution in [0.4, 0.5) is 0 Å². The molecule has 2 aliphatic heterocycles. The van der Waals surface area contributed by atoms with E-state index in [0.29, 0.717) is 5.56 Å². The molecule has 1 N–H and O–H groups in total. The number of carbonyl (C=O) groups excluding carboxylic acids is 2. The van der Waals surface area contributed by atoms with E-state index >= 15 is 0 Å². The van der Waals surface area contributed by atoms with E-state index in [0.717, 1.165) is 5.56 Å². The first-order chi connectivity index (χ1) is 13.6. The molecule has 0 radical (unpaired) electrons. The average molecular weight is 380 g/mol. The number of esters is 2. The molecule has 0 bridgehead atoms. The van der Waals surface area contributed by atoms with Gasteiger partial charge in [-0.25, -0.2) is 4.79 Å². The van der Waals surface area contributed by atoms with Crippen LogP contribution in [0, 0.1) is 0 Å². The number of fused-ring (bicyclic) bond motifs is 1. The maximum atomic E-state index is 12.4. The fraction of sp³-hybridized carbons (Fsp3) is 0.273. The van der Waals surface area contributed by atoms with Crippen molar-refractivity contribution in [1.29, 1.82) is 0 Å². The molecule has 2 aliphatic rings. The number of hydrogen-bond donors (Lipinski definition) is 1. The van der Waals surface area contributed by atoms with E-state index in [1.165, 1.54) is 6.08 Å². The number of aliphatic hydroxyl groups is 1. The van der Waals surface area contributed by atoms with E-state index in [9.17, 15) is 14.7 Å². The second-order valence-electron chi connectivity index (χ2n) is 6.80. The fourth-order valence-corrected chi connectivity index (χ4v) is 3.55. The Kier molecular flexibility index (Phi) is 5.23. The Morgan fingerprint density at radius 1 is 1.11 bits per heavy atom. The van der Waals surface area contributed by atoms with Gasteiger partial charge in [-0.15, -0.1) is 0 Å². The summed E-state index contributed by atoms with van der Waals surface area (Å²) in [5.41, 5.74) is 1.56. The standard InChI is InChI=1S/C22H20O6/c23-17(12-11-14-7-3-1-4-8-14)27-20(15-9-5-2-6-10-15)22-19(25)21-16(26-22)13-18(24)28-21/h1-12,16,19-22,25H,13H2/b12-11+/t16-,19-,20-,21+,22?/m1/s1. The molecule has 2 aromatic rings. The lowest BCUT2D eigenvalue weighted by molar-refractivity contribution is -0.159. The van der Waals surface area contributed by atoms with Crippen molar-refractivity contribution >= 4 is 18.0 Å². The van der Waals surface area contributed by atoms with Gasteiger partial charge in [0.15, 0.2) is 12.2 Å². The van der Waals surface area contributed by atoms with Gasteiger partial charge in [-0.1, -0.05) is 60.7 Å². The predicted octanol–water partition coefficient (Wildman–Crippen LogP) is 2.43. The topological polar surface area (TPSA) is 82.1 Å². The highest BCUT2D eigenvalue weighted by atomic mass is 16.6.